The van der Waals surface area contributed by atoms with Crippen molar-refractivity contribution in [3.05, 3.63) is 47.9 Å². The largest absolute Gasteiger partial charge is 0.294 e. The van der Waals surface area contributed by atoms with E-state index in [2.05, 4.69) is 23.8 Å². The lowest BCUT2D eigenvalue weighted by Gasteiger charge is -2.13. The van der Waals surface area contributed by atoms with Crippen LogP contribution in [0.15, 0.2) is 36.7 Å². The van der Waals surface area contributed by atoms with E-state index in [9.17, 15) is 4.79 Å². The van der Waals surface area contributed by atoms with E-state index in [4.69, 9.17) is 0 Å². The van der Waals surface area contributed by atoms with Gasteiger partial charge in [0.2, 0.25) is 0 Å². The van der Waals surface area contributed by atoms with Gasteiger partial charge in [0.1, 0.15) is 0 Å². The van der Waals surface area contributed by atoms with Crippen LogP contribution in [-0.4, -0.2) is 15.8 Å². The third kappa shape index (κ3) is 6.57. The molecule has 146 valence electrons. The molecule has 1 unspecified atom stereocenters. The zero-order valence-electron chi connectivity index (χ0n) is 17.2. The van der Waals surface area contributed by atoms with Crippen LogP contribution in [-0.2, 0) is 6.42 Å². The Morgan fingerprint density at radius 3 is 2.37 bits per heavy atom. The van der Waals surface area contributed by atoms with Crippen molar-refractivity contribution in [3.8, 4) is 11.3 Å². The predicted molar refractivity (Wildman–Crippen MR) is 113 cm³/mol. The molecule has 1 heterocycles. The third-order valence-corrected chi connectivity index (χ3v) is 5.13. The van der Waals surface area contributed by atoms with Gasteiger partial charge in [0.15, 0.2) is 5.78 Å². The van der Waals surface area contributed by atoms with Gasteiger partial charge in [-0.05, 0) is 19.3 Å². The van der Waals surface area contributed by atoms with Gasteiger partial charge in [0.05, 0.1) is 17.6 Å². The van der Waals surface area contributed by atoms with E-state index in [-0.39, 0.29) is 11.7 Å². The van der Waals surface area contributed by atoms with Gasteiger partial charge in [-0.1, -0.05) is 83.6 Å². The van der Waals surface area contributed by atoms with Gasteiger partial charge in [0.25, 0.3) is 0 Å². The van der Waals surface area contributed by atoms with Crippen molar-refractivity contribution in [3.63, 3.8) is 0 Å². The molecular weight excluding hydrogens is 332 g/mol. The van der Waals surface area contributed by atoms with E-state index in [1.807, 2.05) is 43.6 Å². The molecule has 0 bridgehead atoms. The number of hydrogen-bond donors (Lipinski definition) is 0. The van der Waals surface area contributed by atoms with Crippen molar-refractivity contribution >= 4 is 5.78 Å². The first-order chi connectivity index (χ1) is 13.2. The molecule has 0 aliphatic rings. The SMILES string of the molecule is CCCCCCCCc1cnc(-c2ccccc2C(=O)C(C)CCC)cn1. The lowest BCUT2D eigenvalue weighted by atomic mass is 9.91. The van der Waals surface area contributed by atoms with Gasteiger partial charge in [-0.3, -0.25) is 14.8 Å². The number of benzene rings is 1. The van der Waals surface area contributed by atoms with Crippen LogP contribution >= 0.6 is 0 Å². The van der Waals surface area contributed by atoms with Crippen LogP contribution in [0, 0.1) is 5.92 Å². The van der Waals surface area contributed by atoms with Gasteiger partial charge in [-0.15, -0.1) is 0 Å². The Bertz CT molecular complexity index is 694. The molecule has 1 aromatic heterocycles. The molecular formula is C24H34N2O. The van der Waals surface area contributed by atoms with Crippen LogP contribution < -0.4 is 0 Å². The number of unbranched alkanes of at least 4 members (excludes halogenated alkanes) is 5. The maximum atomic E-state index is 12.8. The maximum absolute atomic E-state index is 12.8. The number of carbonyl (C=O) groups is 1. The fraction of sp³-hybridized carbons (Fsp3) is 0.542. The smallest absolute Gasteiger partial charge is 0.166 e. The summed E-state index contributed by atoms with van der Waals surface area (Å²) in [5, 5.41) is 0. The van der Waals surface area contributed by atoms with Crippen molar-refractivity contribution < 1.29 is 4.79 Å². The first-order valence-corrected chi connectivity index (χ1v) is 10.6. The van der Waals surface area contributed by atoms with Crippen molar-refractivity contribution in [1.82, 2.24) is 9.97 Å². The number of Topliss-reactive ketones (excluding diaryl/α,β-unsaturated/α-hetero) is 1. The second-order valence-electron chi connectivity index (χ2n) is 7.51. The average Bonchev–Trinajstić information content (AvgIpc) is 2.71. The summed E-state index contributed by atoms with van der Waals surface area (Å²) < 4.78 is 0. The zero-order valence-corrected chi connectivity index (χ0v) is 17.2. The van der Waals surface area contributed by atoms with E-state index >= 15 is 0 Å². The fourth-order valence-corrected chi connectivity index (χ4v) is 3.46. The highest BCUT2D eigenvalue weighted by molar-refractivity contribution is 6.03. The van der Waals surface area contributed by atoms with Crippen LogP contribution in [0.1, 0.15) is 88.2 Å². The molecule has 0 aliphatic heterocycles. The summed E-state index contributed by atoms with van der Waals surface area (Å²) in [7, 11) is 0. The van der Waals surface area contributed by atoms with Crippen LogP contribution in [0.3, 0.4) is 0 Å². The minimum absolute atomic E-state index is 0.0380. The average molecular weight is 367 g/mol. The summed E-state index contributed by atoms with van der Waals surface area (Å²) in [5.41, 5.74) is 3.48. The standard InChI is InChI=1S/C24H34N2O/c1-4-6-7-8-9-10-14-20-17-26-23(18-25-20)21-15-11-12-16-22(21)24(27)19(3)13-5-2/h11-12,15-19H,4-10,13-14H2,1-3H3. The monoisotopic (exact) mass is 366 g/mol. The molecule has 0 aliphatic carbocycles. The number of carbonyl (C=O) groups excluding carboxylic acids is 1. The Morgan fingerprint density at radius 1 is 0.926 bits per heavy atom. The van der Waals surface area contributed by atoms with Gasteiger partial charge in [-0.25, -0.2) is 0 Å². The molecule has 0 radical (unpaired) electrons. The van der Waals surface area contributed by atoms with E-state index in [1.54, 1.807) is 0 Å². The second kappa shape index (κ2) is 11.6. The van der Waals surface area contributed by atoms with Crippen LogP contribution in [0.2, 0.25) is 0 Å². The molecule has 2 rings (SSSR count). The minimum Gasteiger partial charge on any atom is -0.294 e. The first kappa shape index (κ1) is 21.3. The van der Waals surface area contributed by atoms with Gasteiger partial charge in [0, 0.05) is 23.2 Å². The van der Waals surface area contributed by atoms with Crippen LogP contribution in [0.4, 0.5) is 0 Å². The number of rotatable bonds is 12. The molecule has 2 aromatic rings. The molecule has 0 saturated carbocycles. The molecule has 3 nitrogen and oxygen atoms in total. The summed E-state index contributed by atoms with van der Waals surface area (Å²) in [4.78, 5) is 22.0. The van der Waals surface area contributed by atoms with Crippen LogP contribution in [0.5, 0.6) is 0 Å². The fourth-order valence-electron chi connectivity index (χ4n) is 3.46. The molecule has 1 atom stereocenters. The summed E-state index contributed by atoms with van der Waals surface area (Å²) in [6.45, 7) is 6.37. The molecule has 0 spiro atoms. The summed E-state index contributed by atoms with van der Waals surface area (Å²) in [6.07, 6.45) is 14.3. The van der Waals surface area contributed by atoms with Gasteiger partial charge < -0.3 is 0 Å². The minimum atomic E-state index is 0.0380. The Labute approximate surface area is 164 Å². The maximum Gasteiger partial charge on any atom is 0.166 e. The van der Waals surface area contributed by atoms with E-state index in [0.717, 1.165) is 41.8 Å². The van der Waals surface area contributed by atoms with Gasteiger partial charge in [-0.2, -0.15) is 0 Å². The number of ketones is 1. The molecule has 0 saturated heterocycles. The topological polar surface area (TPSA) is 42.9 Å². The Kier molecular flexibility index (Phi) is 9.17. The summed E-state index contributed by atoms with van der Waals surface area (Å²) >= 11 is 0. The number of hydrogen-bond acceptors (Lipinski definition) is 3. The predicted octanol–water partition coefficient (Wildman–Crippen LogP) is 6.67. The highest BCUT2D eigenvalue weighted by atomic mass is 16.1. The number of aryl methyl sites for hydroxylation is 1. The van der Waals surface area contributed by atoms with Crippen molar-refractivity contribution in [1.29, 1.82) is 0 Å². The summed E-state index contributed by atoms with van der Waals surface area (Å²) in [5.74, 6) is 0.237. The van der Waals surface area contributed by atoms with Crippen molar-refractivity contribution in [2.75, 3.05) is 0 Å². The molecule has 3 heteroatoms. The number of nitrogens with zero attached hydrogens (tertiary/aromatic N) is 2. The van der Waals surface area contributed by atoms with Crippen molar-refractivity contribution in [2.24, 2.45) is 5.92 Å². The lowest BCUT2D eigenvalue weighted by molar-refractivity contribution is 0.0924. The Hall–Kier alpha value is -2.03. The van der Waals surface area contributed by atoms with E-state index in [1.165, 1.54) is 38.5 Å². The highest BCUT2D eigenvalue weighted by Crippen LogP contribution is 2.25. The third-order valence-electron chi connectivity index (χ3n) is 5.13. The Morgan fingerprint density at radius 2 is 1.67 bits per heavy atom. The van der Waals surface area contributed by atoms with E-state index < -0.39 is 0 Å². The first-order valence-electron chi connectivity index (χ1n) is 10.6. The molecule has 0 N–H and O–H groups in total. The molecule has 27 heavy (non-hydrogen) atoms. The zero-order chi connectivity index (χ0) is 19.5. The molecule has 0 fully saturated rings. The van der Waals surface area contributed by atoms with Crippen molar-refractivity contribution in [2.45, 2.75) is 78.6 Å². The summed E-state index contributed by atoms with van der Waals surface area (Å²) in [6, 6.07) is 7.78. The highest BCUT2D eigenvalue weighted by Gasteiger charge is 2.18. The normalized spacial score (nSPS) is 12.1. The molecule has 1 aromatic carbocycles. The quantitative estimate of drug-likeness (QED) is 0.311. The van der Waals surface area contributed by atoms with Crippen LogP contribution in [0.25, 0.3) is 11.3 Å². The number of aromatic nitrogens is 2. The molecule has 0 amide bonds. The van der Waals surface area contributed by atoms with E-state index in [0.29, 0.717) is 0 Å². The lowest BCUT2D eigenvalue weighted by Crippen LogP contribution is -2.12. The second-order valence-corrected chi connectivity index (χ2v) is 7.51. The van der Waals surface area contributed by atoms with Gasteiger partial charge >= 0.3 is 0 Å². The Balaban J connectivity index is 2.01.